The number of anilines is 2. The van der Waals surface area contributed by atoms with Crippen molar-refractivity contribution in [2.45, 2.75) is 32.8 Å². The molecule has 1 aromatic carbocycles. The number of ether oxygens (including phenoxy) is 1. The minimum absolute atomic E-state index is 0.0466. The fourth-order valence-electron chi connectivity index (χ4n) is 1.64. The van der Waals surface area contributed by atoms with Crippen LogP contribution in [0, 0.1) is 10.1 Å². The van der Waals surface area contributed by atoms with Gasteiger partial charge in [-0.3, -0.25) is 10.1 Å². The molecule has 1 rings (SSSR count). The van der Waals surface area contributed by atoms with Gasteiger partial charge in [-0.15, -0.1) is 0 Å². The van der Waals surface area contributed by atoms with Crippen LogP contribution in [-0.4, -0.2) is 29.7 Å². The zero-order valence-corrected chi connectivity index (χ0v) is 13.0. The molecule has 22 heavy (non-hydrogen) atoms. The summed E-state index contributed by atoms with van der Waals surface area (Å²) in [5, 5.41) is 16.3. The summed E-state index contributed by atoms with van der Waals surface area (Å²) in [6.07, 6.45) is 0.206. The van der Waals surface area contributed by atoms with Crippen molar-refractivity contribution >= 4 is 23.2 Å². The summed E-state index contributed by atoms with van der Waals surface area (Å²) < 4.78 is 5.10. The third-order valence-electron chi connectivity index (χ3n) is 2.58. The predicted molar refractivity (Wildman–Crippen MR) is 84.9 cm³/mol. The van der Waals surface area contributed by atoms with E-state index in [2.05, 4.69) is 10.6 Å². The molecular weight excluding hydrogens is 288 g/mol. The van der Waals surface area contributed by atoms with Crippen LogP contribution in [0.3, 0.4) is 0 Å². The van der Waals surface area contributed by atoms with Crippen molar-refractivity contribution in [2.75, 3.05) is 24.1 Å². The molecule has 0 bridgehead atoms. The third-order valence-corrected chi connectivity index (χ3v) is 2.58. The summed E-state index contributed by atoms with van der Waals surface area (Å²) >= 11 is 0. The van der Waals surface area contributed by atoms with E-state index < -0.39 is 16.6 Å². The molecule has 1 amide bonds. The monoisotopic (exact) mass is 310 g/mol. The van der Waals surface area contributed by atoms with Gasteiger partial charge >= 0.3 is 6.09 Å². The molecule has 0 fully saturated rings. The molecule has 0 heterocycles. The Morgan fingerprint density at radius 3 is 2.59 bits per heavy atom. The highest BCUT2D eigenvalue weighted by atomic mass is 16.6. The van der Waals surface area contributed by atoms with Crippen molar-refractivity contribution in [1.29, 1.82) is 0 Å². The molecule has 0 unspecified atom stereocenters. The first-order valence-electron chi connectivity index (χ1n) is 6.93. The van der Waals surface area contributed by atoms with E-state index in [1.54, 1.807) is 26.8 Å². The number of alkyl carbamates (subject to hydrolysis) is 1. The van der Waals surface area contributed by atoms with Crippen LogP contribution in [0.25, 0.3) is 0 Å². The number of nitrogens with two attached hydrogens (primary N) is 1. The molecule has 8 nitrogen and oxygen atoms in total. The summed E-state index contributed by atoms with van der Waals surface area (Å²) in [7, 11) is 0. The molecule has 1 aromatic rings. The largest absolute Gasteiger partial charge is 0.444 e. The first-order chi connectivity index (χ1) is 10.2. The van der Waals surface area contributed by atoms with Gasteiger partial charge in [0, 0.05) is 25.2 Å². The highest BCUT2D eigenvalue weighted by Gasteiger charge is 2.15. The molecule has 122 valence electrons. The van der Waals surface area contributed by atoms with Gasteiger partial charge in [0.1, 0.15) is 5.60 Å². The molecule has 0 saturated carbocycles. The first kappa shape index (κ1) is 17.5. The number of benzene rings is 1. The van der Waals surface area contributed by atoms with Gasteiger partial charge in [-0.2, -0.15) is 0 Å². The van der Waals surface area contributed by atoms with Crippen molar-refractivity contribution in [3.8, 4) is 0 Å². The number of hydrogen-bond acceptors (Lipinski definition) is 6. The van der Waals surface area contributed by atoms with Crippen molar-refractivity contribution in [3.63, 3.8) is 0 Å². The second-order valence-corrected chi connectivity index (χ2v) is 5.74. The molecule has 4 N–H and O–H groups in total. The van der Waals surface area contributed by atoms with Crippen molar-refractivity contribution in [2.24, 2.45) is 0 Å². The Kier molecular flexibility index (Phi) is 5.97. The lowest BCUT2D eigenvalue weighted by Crippen LogP contribution is -2.33. The minimum atomic E-state index is -0.518. The first-order valence-corrected chi connectivity index (χ1v) is 6.93. The number of nitrogens with one attached hydrogen (secondary N) is 2. The second-order valence-electron chi connectivity index (χ2n) is 5.74. The van der Waals surface area contributed by atoms with Crippen LogP contribution < -0.4 is 16.4 Å². The summed E-state index contributed by atoms with van der Waals surface area (Å²) in [4.78, 5) is 21.5. The average Bonchev–Trinajstić information content (AvgIpc) is 2.37. The highest BCUT2D eigenvalue weighted by Crippen LogP contribution is 2.23. The summed E-state index contributed by atoms with van der Waals surface area (Å²) in [6, 6.07) is 4.26. The van der Waals surface area contributed by atoms with Gasteiger partial charge in [0.15, 0.2) is 0 Å². The molecule has 0 saturated heterocycles. The Bertz CT molecular complexity index is 540. The van der Waals surface area contributed by atoms with E-state index in [0.29, 0.717) is 30.9 Å². The van der Waals surface area contributed by atoms with E-state index >= 15 is 0 Å². The molecule has 8 heteroatoms. The molecule has 0 spiro atoms. The van der Waals surface area contributed by atoms with Gasteiger partial charge in [-0.05, 0) is 33.3 Å². The Morgan fingerprint density at radius 2 is 2.05 bits per heavy atom. The lowest BCUT2D eigenvalue weighted by molar-refractivity contribution is -0.384. The number of amides is 1. The molecule has 0 aliphatic carbocycles. The molecule has 0 aliphatic rings. The van der Waals surface area contributed by atoms with Gasteiger partial charge in [0.2, 0.25) is 0 Å². The highest BCUT2D eigenvalue weighted by molar-refractivity contribution is 5.69. The van der Waals surface area contributed by atoms with Crippen LogP contribution in [0.15, 0.2) is 18.2 Å². The SMILES string of the molecule is CC(C)(C)OC(=O)NCCCNc1ccc([N+](=O)[O-])cc1N. The molecule has 0 radical (unpaired) electrons. The predicted octanol–water partition coefficient (Wildman–Crippen LogP) is 2.50. The number of nitrogen functional groups attached to an aromatic ring is 1. The Morgan fingerprint density at radius 1 is 1.36 bits per heavy atom. The molecule has 0 aromatic heterocycles. The average molecular weight is 310 g/mol. The Labute approximate surface area is 129 Å². The number of non-ortho nitro benzene ring substituents is 1. The number of carbonyl (C=O) groups excluding carboxylic acids is 1. The third kappa shape index (κ3) is 6.29. The van der Waals surface area contributed by atoms with E-state index in [4.69, 9.17) is 10.5 Å². The Balaban J connectivity index is 2.31. The van der Waals surface area contributed by atoms with Crippen molar-refractivity contribution in [3.05, 3.63) is 28.3 Å². The molecular formula is C14H22N4O4. The van der Waals surface area contributed by atoms with Crippen molar-refractivity contribution < 1.29 is 14.5 Å². The number of nitro benzene ring substituents is 1. The number of nitro groups is 1. The lowest BCUT2D eigenvalue weighted by atomic mass is 10.2. The summed E-state index contributed by atoms with van der Waals surface area (Å²) in [5.41, 5.74) is 6.11. The Hall–Kier alpha value is -2.51. The quantitative estimate of drug-likeness (QED) is 0.321. The molecule has 0 atom stereocenters. The van der Waals surface area contributed by atoms with Crippen LogP contribution in [0.1, 0.15) is 27.2 Å². The second kappa shape index (κ2) is 7.48. The maximum Gasteiger partial charge on any atom is 0.407 e. The minimum Gasteiger partial charge on any atom is -0.444 e. The zero-order valence-electron chi connectivity index (χ0n) is 13.0. The number of nitrogens with zero attached hydrogens (tertiary/aromatic N) is 1. The van der Waals surface area contributed by atoms with Gasteiger partial charge in [-0.1, -0.05) is 0 Å². The number of hydrogen-bond donors (Lipinski definition) is 3. The van der Waals surface area contributed by atoms with Crippen molar-refractivity contribution in [1.82, 2.24) is 5.32 Å². The van der Waals surface area contributed by atoms with E-state index in [1.165, 1.54) is 12.1 Å². The van der Waals surface area contributed by atoms with Crippen LogP contribution in [-0.2, 0) is 4.74 Å². The van der Waals surface area contributed by atoms with Gasteiger partial charge in [0.25, 0.3) is 5.69 Å². The van der Waals surface area contributed by atoms with Crippen LogP contribution in [0.5, 0.6) is 0 Å². The fourth-order valence-corrected chi connectivity index (χ4v) is 1.64. The van der Waals surface area contributed by atoms with E-state index in [0.717, 1.165) is 0 Å². The van der Waals surface area contributed by atoms with E-state index in [1.807, 2.05) is 0 Å². The number of rotatable bonds is 6. The van der Waals surface area contributed by atoms with Crippen LogP contribution in [0.4, 0.5) is 21.9 Å². The summed E-state index contributed by atoms with van der Waals surface area (Å²) in [6.45, 7) is 6.41. The van der Waals surface area contributed by atoms with Gasteiger partial charge in [-0.25, -0.2) is 4.79 Å². The topological polar surface area (TPSA) is 120 Å². The fraction of sp³-hybridized carbons (Fsp3) is 0.500. The van der Waals surface area contributed by atoms with Gasteiger partial charge < -0.3 is 21.1 Å². The zero-order chi connectivity index (χ0) is 16.8. The van der Waals surface area contributed by atoms with E-state index in [-0.39, 0.29) is 5.69 Å². The normalized spacial score (nSPS) is 10.9. The van der Waals surface area contributed by atoms with Crippen LogP contribution in [0.2, 0.25) is 0 Å². The van der Waals surface area contributed by atoms with E-state index in [9.17, 15) is 14.9 Å². The lowest BCUT2D eigenvalue weighted by Gasteiger charge is -2.19. The maximum atomic E-state index is 11.4. The molecule has 0 aliphatic heterocycles. The van der Waals surface area contributed by atoms with Crippen LogP contribution >= 0.6 is 0 Å². The smallest absolute Gasteiger partial charge is 0.407 e. The number of carbonyl (C=O) groups is 1. The van der Waals surface area contributed by atoms with Gasteiger partial charge in [0.05, 0.1) is 16.3 Å². The standard InChI is InChI=1S/C14H22N4O4/c1-14(2,3)22-13(19)17-8-4-7-16-12-6-5-10(18(20)21)9-11(12)15/h5-6,9,16H,4,7-8,15H2,1-3H3,(H,17,19). The summed E-state index contributed by atoms with van der Waals surface area (Å²) in [5.74, 6) is 0. The maximum absolute atomic E-state index is 11.4.